The summed E-state index contributed by atoms with van der Waals surface area (Å²) in [6.45, 7) is 0.183. The molecule has 3 rings (SSSR count). The van der Waals surface area contributed by atoms with Crippen molar-refractivity contribution >= 4 is 27.7 Å². The van der Waals surface area contributed by atoms with E-state index >= 15 is 0 Å². The standard InChI is InChI=1S/C18H17N3O5S/c1-19-27(25,26)13-6-3-11(4-7-13)10-20-16(22)12-5-8-14-15(9-12)18(24)21(2)17(14)23/h3-9,19H,10H2,1-2H3,(H,20,22). The lowest BCUT2D eigenvalue weighted by atomic mass is 10.1. The summed E-state index contributed by atoms with van der Waals surface area (Å²) < 4.78 is 25.6. The molecule has 0 spiro atoms. The smallest absolute Gasteiger partial charge is 0.261 e. The number of sulfonamides is 1. The van der Waals surface area contributed by atoms with Gasteiger partial charge < -0.3 is 5.32 Å². The van der Waals surface area contributed by atoms with E-state index in [0.717, 1.165) is 4.90 Å². The fourth-order valence-electron chi connectivity index (χ4n) is 2.69. The first-order valence-corrected chi connectivity index (χ1v) is 9.50. The molecule has 0 atom stereocenters. The van der Waals surface area contributed by atoms with Crippen LogP contribution < -0.4 is 10.0 Å². The van der Waals surface area contributed by atoms with Gasteiger partial charge in [0.1, 0.15) is 0 Å². The van der Waals surface area contributed by atoms with Gasteiger partial charge in [-0.2, -0.15) is 0 Å². The number of nitrogens with zero attached hydrogens (tertiary/aromatic N) is 1. The summed E-state index contributed by atoms with van der Waals surface area (Å²) >= 11 is 0. The highest BCUT2D eigenvalue weighted by Crippen LogP contribution is 2.22. The van der Waals surface area contributed by atoms with Crippen LogP contribution in [0.1, 0.15) is 36.6 Å². The molecule has 1 aliphatic rings. The SMILES string of the molecule is CNS(=O)(=O)c1ccc(CNC(=O)c2ccc3c(c2)C(=O)N(C)C3=O)cc1. The van der Waals surface area contributed by atoms with Crippen LogP contribution in [-0.4, -0.2) is 45.1 Å². The average molecular weight is 387 g/mol. The molecule has 1 heterocycles. The largest absolute Gasteiger partial charge is 0.348 e. The number of carbonyl (C=O) groups excluding carboxylic acids is 3. The Bertz CT molecular complexity index is 1050. The lowest BCUT2D eigenvalue weighted by molar-refractivity contribution is 0.0693. The van der Waals surface area contributed by atoms with E-state index in [9.17, 15) is 22.8 Å². The Morgan fingerprint density at radius 2 is 1.63 bits per heavy atom. The zero-order valence-electron chi connectivity index (χ0n) is 14.6. The van der Waals surface area contributed by atoms with Crippen molar-refractivity contribution in [1.29, 1.82) is 0 Å². The molecule has 0 saturated carbocycles. The van der Waals surface area contributed by atoms with Gasteiger partial charge in [0.05, 0.1) is 16.0 Å². The molecule has 0 aromatic heterocycles. The van der Waals surface area contributed by atoms with E-state index < -0.39 is 27.7 Å². The molecule has 3 amide bonds. The van der Waals surface area contributed by atoms with Crippen molar-refractivity contribution in [2.24, 2.45) is 0 Å². The molecule has 1 aliphatic heterocycles. The molecule has 0 unspecified atom stereocenters. The fraction of sp³-hybridized carbons (Fsp3) is 0.167. The monoisotopic (exact) mass is 387 g/mol. The number of amides is 3. The van der Waals surface area contributed by atoms with Crippen LogP contribution in [0.3, 0.4) is 0 Å². The quantitative estimate of drug-likeness (QED) is 0.735. The van der Waals surface area contributed by atoms with Crippen molar-refractivity contribution in [2.45, 2.75) is 11.4 Å². The van der Waals surface area contributed by atoms with E-state index in [0.29, 0.717) is 5.56 Å². The molecule has 9 heteroatoms. The number of carbonyl (C=O) groups is 3. The number of hydrogen-bond acceptors (Lipinski definition) is 5. The Kier molecular flexibility index (Phi) is 4.81. The molecule has 0 saturated heterocycles. The minimum atomic E-state index is -3.51. The van der Waals surface area contributed by atoms with Gasteiger partial charge in [0.25, 0.3) is 17.7 Å². The summed E-state index contributed by atoms with van der Waals surface area (Å²) in [5, 5.41) is 2.70. The first-order chi connectivity index (χ1) is 12.7. The van der Waals surface area contributed by atoms with Crippen LogP contribution in [0.15, 0.2) is 47.4 Å². The van der Waals surface area contributed by atoms with E-state index in [4.69, 9.17) is 0 Å². The number of hydrogen-bond donors (Lipinski definition) is 2. The maximum Gasteiger partial charge on any atom is 0.261 e. The molecule has 0 fully saturated rings. The van der Waals surface area contributed by atoms with Gasteiger partial charge in [-0.3, -0.25) is 19.3 Å². The summed E-state index contributed by atoms with van der Waals surface area (Å²) in [5.41, 5.74) is 1.46. The minimum Gasteiger partial charge on any atom is -0.348 e. The van der Waals surface area contributed by atoms with Gasteiger partial charge in [-0.15, -0.1) is 0 Å². The molecule has 2 aromatic rings. The van der Waals surface area contributed by atoms with Gasteiger partial charge in [0.15, 0.2) is 0 Å². The molecule has 0 aliphatic carbocycles. The van der Waals surface area contributed by atoms with Crippen LogP contribution in [-0.2, 0) is 16.6 Å². The summed E-state index contributed by atoms with van der Waals surface area (Å²) in [4.78, 5) is 37.4. The number of nitrogens with one attached hydrogen (secondary N) is 2. The second-order valence-corrected chi connectivity index (χ2v) is 7.85. The topological polar surface area (TPSA) is 113 Å². The highest BCUT2D eigenvalue weighted by Gasteiger charge is 2.33. The van der Waals surface area contributed by atoms with Gasteiger partial charge >= 0.3 is 0 Å². The predicted molar refractivity (Wildman–Crippen MR) is 96.7 cm³/mol. The molecule has 2 aromatic carbocycles. The fourth-order valence-corrected chi connectivity index (χ4v) is 3.42. The van der Waals surface area contributed by atoms with Gasteiger partial charge in [0.2, 0.25) is 10.0 Å². The summed E-state index contributed by atoms with van der Waals surface area (Å²) in [6, 6.07) is 10.4. The highest BCUT2D eigenvalue weighted by molar-refractivity contribution is 7.89. The number of rotatable bonds is 5. The molecule has 0 radical (unpaired) electrons. The van der Waals surface area contributed by atoms with E-state index in [1.54, 1.807) is 12.1 Å². The van der Waals surface area contributed by atoms with Crippen molar-refractivity contribution in [3.63, 3.8) is 0 Å². The Labute approximate surface area is 156 Å². The van der Waals surface area contributed by atoms with Crippen molar-refractivity contribution in [2.75, 3.05) is 14.1 Å². The first kappa shape index (κ1) is 18.7. The van der Waals surface area contributed by atoms with Crippen molar-refractivity contribution < 1.29 is 22.8 Å². The third kappa shape index (κ3) is 3.46. The Hall–Kier alpha value is -3.04. The van der Waals surface area contributed by atoms with Gasteiger partial charge in [0, 0.05) is 19.2 Å². The number of imide groups is 1. The summed E-state index contributed by atoms with van der Waals surface area (Å²) in [6.07, 6.45) is 0. The van der Waals surface area contributed by atoms with Gasteiger partial charge in [-0.25, -0.2) is 13.1 Å². The normalized spacial score (nSPS) is 13.6. The second-order valence-electron chi connectivity index (χ2n) is 5.96. The van der Waals surface area contributed by atoms with Crippen LogP contribution >= 0.6 is 0 Å². The van der Waals surface area contributed by atoms with E-state index in [2.05, 4.69) is 10.0 Å². The second kappa shape index (κ2) is 6.93. The van der Waals surface area contributed by atoms with Crippen molar-refractivity contribution in [1.82, 2.24) is 14.9 Å². The first-order valence-electron chi connectivity index (χ1n) is 8.01. The molecular formula is C18H17N3O5S. The lowest BCUT2D eigenvalue weighted by Gasteiger charge is -2.07. The van der Waals surface area contributed by atoms with E-state index in [1.807, 2.05) is 0 Å². The molecule has 140 valence electrons. The maximum atomic E-state index is 12.3. The van der Waals surface area contributed by atoms with Gasteiger partial charge in [-0.05, 0) is 42.9 Å². The van der Waals surface area contributed by atoms with Crippen LogP contribution in [0.5, 0.6) is 0 Å². The molecular weight excluding hydrogens is 370 g/mol. The molecule has 2 N–H and O–H groups in total. The highest BCUT2D eigenvalue weighted by atomic mass is 32.2. The van der Waals surface area contributed by atoms with Crippen molar-refractivity contribution in [3.8, 4) is 0 Å². The van der Waals surface area contributed by atoms with E-state index in [1.165, 1.54) is 44.4 Å². The van der Waals surface area contributed by atoms with Crippen LogP contribution in [0.25, 0.3) is 0 Å². The Morgan fingerprint density at radius 3 is 2.26 bits per heavy atom. The summed E-state index contributed by atoms with van der Waals surface area (Å²) in [7, 11) is -0.789. The third-order valence-corrected chi connectivity index (χ3v) is 5.74. The number of benzene rings is 2. The number of fused-ring (bicyclic) bond motifs is 1. The van der Waals surface area contributed by atoms with Crippen LogP contribution in [0.2, 0.25) is 0 Å². The zero-order chi connectivity index (χ0) is 19.8. The summed E-state index contributed by atoms with van der Waals surface area (Å²) in [5.74, 6) is -1.23. The van der Waals surface area contributed by atoms with E-state index in [-0.39, 0.29) is 28.1 Å². The predicted octanol–water partition coefficient (Wildman–Crippen LogP) is 0.750. The minimum absolute atomic E-state index is 0.131. The Balaban J connectivity index is 1.70. The lowest BCUT2D eigenvalue weighted by Crippen LogP contribution is -2.24. The third-order valence-electron chi connectivity index (χ3n) is 4.31. The van der Waals surface area contributed by atoms with Crippen molar-refractivity contribution in [3.05, 3.63) is 64.7 Å². The molecule has 8 nitrogen and oxygen atoms in total. The van der Waals surface area contributed by atoms with Crippen LogP contribution in [0, 0.1) is 0 Å². The molecule has 0 bridgehead atoms. The average Bonchev–Trinajstić information content (AvgIpc) is 2.90. The zero-order valence-corrected chi connectivity index (χ0v) is 15.5. The molecule has 27 heavy (non-hydrogen) atoms. The van der Waals surface area contributed by atoms with Crippen LogP contribution in [0.4, 0.5) is 0 Å². The van der Waals surface area contributed by atoms with Gasteiger partial charge in [-0.1, -0.05) is 12.1 Å². The Morgan fingerprint density at radius 1 is 1.00 bits per heavy atom. The maximum absolute atomic E-state index is 12.3.